The fourth-order valence-corrected chi connectivity index (χ4v) is 5.46. The van der Waals surface area contributed by atoms with Crippen LogP contribution in [0.5, 0.6) is 0 Å². The molecule has 4 rings (SSSR count). The molecule has 1 saturated heterocycles. The summed E-state index contributed by atoms with van der Waals surface area (Å²) in [7, 11) is 0. The predicted octanol–water partition coefficient (Wildman–Crippen LogP) is 4.09. The summed E-state index contributed by atoms with van der Waals surface area (Å²) in [6.07, 6.45) is 5.84. The van der Waals surface area contributed by atoms with Gasteiger partial charge in [0.15, 0.2) is 0 Å². The van der Waals surface area contributed by atoms with Crippen LogP contribution in [-0.4, -0.2) is 18.6 Å². The zero-order valence-electron chi connectivity index (χ0n) is 15.2. The van der Waals surface area contributed by atoms with Crippen molar-refractivity contribution in [3.63, 3.8) is 0 Å². The van der Waals surface area contributed by atoms with Crippen molar-refractivity contribution in [1.29, 1.82) is 0 Å². The van der Waals surface area contributed by atoms with Crippen LogP contribution in [-0.2, 0) is 16.1 Å². The number of carbonyl (C=O) groups is 1. The largest absolute Gasteiger partial charge is 0.462 e. The Morgan fingerprint density at radius 3 is 2.92 bits per heavy atom. The second-order valence-corrected chi connectivity index (χ2v) is 8.52. The lowest BCUT2D eigenvalue weighted by atomic mass is 9.55. The minimum atomic E-state index is -0.00649. The molecule has 5 atom stereocenters. The standard InChI is InChI=1S/C22H29NO2/c1-15-7-6-10-22(2)12-20-17(11-19(15)22)18(21(24)25-20)14-23-13-16-8-4-3-5-9-16/h3-5,8-9,17-20,23H,1,6-7,10-14H2,2H3/t17-,18-,19+,20-,22-/m1/s1. The maximum atomic E-state index is 12.5. The molecule has 2 aliphatic carbocycles. The Morgan fingerprint density at radius 1 is 1.32 bits per heavy atom. The molecule has 0 unspecified atom stereocenters. The van der Waals surface area contributed by atoms with Crippen LogP contribution in [0.15, 0.2) is 42.5 Å². The van der Waals surface area contributed by atoms with Gasteiger partial charge in [-0.1, -0.05) is 49.4 Å². The molecule has 134 valence electrons. The highest BCUT2D eigenvalue weighted by molar-refractivity contribution is 5.75. The van der Waals surface area contributed by atoms with E-state index < -0.39 is 0 Å². The van der Waals surface area contributed by atoms with Gasteiger partial charge in [0, 0.05) is 19.0 Å². The van der Waals surface area contributed by atoms with Gasteiger partial charge in [0.2, 0.25) is 0 Å². The molecular weight excluding hydrogens is 310 g/mol. The minimum Gasteiger partial charge on any atom is -0.462 e. The van der Waals surface area contributed by atoms with Crippen LogP contribution in [0, 0.1) is 23.2 Å². The van der Waals surface area contributed by atoms with E-state index in [1.165, 1.54) is 24.0 Å². The number of nitrogens with one attached hydrogen (secondary N) is 1. The average molecular weight is 339 g/mol. The number of benzene rings is 1. The van der Waals surface area contributed by atoms with Crippen molar-refractivity contribution in [1.82, 2.24) is 5.32 Å². The average Bonchev–Trinajstić information content (AvgIpc) is 2.88. The number of esters is 1. The Hall–Kier alpha value is -1.61. The van der Waals surface area contributed by atoms with Gasteiger partial charge in [0.25, 0.3) is 0 Å². The van der Waals surface area contributed by atoms with Gasteiger partial charge in [0.05, 0.1) is 5.92 Å². The van der Waals surface area contributed by atoms with Crippen LogP contribution in [0.3, 0.4) is 0 Å². The molecule has 1 aromatic rings. The van der Waals surface area contributed by atoms with Gasteiger partial charge in [-0.25, -0.2) is 0 Å². The van der Waals surface area contributed by atoms with Gasteiger partial charge in [-0.3, -0.25) is 4.79 Å². The zero-order chi connectivity index (χ0) is 17.4. The predicted molar refractivity (Wildman–Crippen MR) is 98.8 cm³/mol. The molecule has 1 aliphatic heterocycles. The number of hydrogen-bond donors (Lipinski definition) is 1. The molecule has 2 saturated carbocycles. The normalized spacial score (nSPS) is 37.3. The second-order valence-electron chi connectivity index (χ2n) is 8.52. The van der Waals surface area contributed by atoms with Gasteiger partial charge in [0.1, 0.15) is 6.10 Å². The topological polar surface area (TPSA) is 38.3 Å². The minimum absolute atomic E-state index is 0.00317. The second kappa shape index (κ2) is 6.60. The highest BCUT2D eigenvalue weighted by atomic mass is 16.6. The van der Waals surface area contributed by atoms with Gasteiger partial charge in [-0.05, 0) is 49.0 Å². The summed E-state index contributed by atoms with van der Waals surface area (Å²) < 4.78 is 5.82. The Bertz CT molecular complexity index is 655. The molecule has 3 heteroatoms. The van der Waals surface area contributed by atoms with Crippen LogP contribution < -0.4 is 5.32 Å². The number of carbonyl (C=O) groups excluding carboxylic acids is 1. The lowest BCUT2D eigenvalue weighted by molar-refractivity contribution is -0.146. The van der Waals surface area contributed by atoms with Crippen molar-refractivity contribution in [3.05, 3.63) is 48.0 Å². The van der Waals surface area contributed by atoms with E-state index in [1.54, 1.807) is 0 Å². The summed E-state index contributed by atoms with van der Waals surface area (Å²) in [4.78, 5) is 12.5. The highest BCUT2D eigenvalue weighted by Crippen LogP contribution is 2.56. The van der Waals surface area contributed by atoms with Gasteiger partial charge < -0.3 is 10.1 Å². The molecule has 1 N–H and O–H groups in total. The Balaban J connectivity index is 1.42. The van der Waals surface area contributed by atoms with Crippen LogP contribution >= 0.6 is 0 Å². The van der Waals surface area contributed by atoms with Gasteiger partial charge in [-0.2, -0.15) is 0 Å². The molecule has 3 fully saturated rings. The Labute approximate surface area is 150 Å². The Morgan fingerprint density at radius 2 is 2.12 bits per heavy atom. The smallest absolute Gasteiger partial charge is 0.310 e. The van der Waals surface area contributed by atoms with E-state index in [9.17, 15) is 4.79 Å². The zero-order valence-corrected chi connectivity index (χ0v) is 15.2. The molecule has 0 bridgehead atoms. The van der Waals surface area contributed by atoms with E-state index in [0.717, 1.165) is 25.8 Å². The maximum Gasteiger partial charge on any atom is 0.310 e. The summed E-state index contributed by atoms with van der Waals surface area (Å²) in [6, 6.07) is 10.3. The fraction of sp³-hybridized carbons (Fsp3) is 0.591. The molecule has 0 aromatic heterocycles. The molecule has 0 radical (unpaired) electrons. The number of fused-ring (bicyclic) bond motifs is 2. The SMILES string of the molecule is C=C1CCC[C@]2(C)C[C@H]3OC(=O)[C@H](CNCc4ccccc4)[C@H]3C[C@@H]12. The van der Waals surface area contributed by atoms with E-state index in [-0.39, 0.29) is 23.4 Å². The Kier molecular flexibility index (Phi) is 4.45. The van der Waals surface area contributed by atoms with Gasteiger partial charge >= 0.3 is 5.97 Å². The van der Waals surface area contributed by atoms with Crippen LogP contribution in [0.2, 0.25) is 0 Å². The first-order valence-electron chi connectivity index (χ1n) is 9.70. The fourth-order valence-electron chi connectivity index (χ4n) is 5.46. The number of rotatable bonds is 4. The van der Waals surface area contributed by atoms with Crippen molar-refractivity contribution < 1.29 is 9.53 Å². The maximum absolute atomic E-state index is 12.5. The molecule has 0 amide bonds. The van der Waals surface area contributed by atoms with E-state index in [1.807, 2.05) is 18.2 Å². The van der Waals surface area contributed by atoms with Crippen molar-refractivity contribution in [3.8, 4) is 0 Å². The summed E-state index contributed by atoms with van der Waals surface area (Å²) in [5.41, 5.74) is 2.94. The van der Waals surface area contributed by atoms with Crippen molar-refractivity contribution in [2.24, 2.45) is 23.2 Å². The monoisotopic (exact) mass is 339 g/mol. The molecule has 0 spiro atoms. The van der Waals surface area contributed by atoms with Crippen LogP contribution in [0.25, 0.3) is 0 Å². The molecule has 3 nitrogen and oxygen atoms in total. The molecule has 25 heavy (non-hydrogen) atoms. The summed E-state index contributed by atoms with van der Waals surface area (Å²) >= 11 is 0. The molecular formula is C22H29NO2. The third-order valence-electron chi connectivity index (χ3n) is 6.86. The van der Waals surface area contributed by atoms with Gasteiger partial charge in [-0.15, -0.1) is 0 Å². The lowest BCUT2D eigenvalue weighted by Crippen LogP contribution is -2.45. The quantitative estimate of drug-likeness (QED) is 0.663. The molecule has 3 aliphatic rings. The van der Waals surface area contributed by atoms with E-state index in [0.29, 0.717) is 18.4 Å². The lowest BCUT2D eigenvalue weighted by Gasteiger charge is -2.50. The first-order valence-corrected chi connectivity index (χ1v) is 9.70. The first kappa shape index (κ1) is 16.8. The number of hydrogen-bond acceptors (Lipinski definition) is 3. The van der Waals surface area contributed by atoms with E-state index in [4.69, 9.17) is 4.74 Å². The van der Waals surface area contributed by atoms with Crippen LogP contribution in [0.1, 0.15) is 44.6 Å². The number of ether oxygens (including phenoxy) is 1. The van der Waals surface area contributed by atoms with Crippen molar-refractivity contribution in [2.75, 3.05) is 6.54 Å². The molecule has 1 heterocycles. The van der Waals surface area contributed by atoms with E-state index in [2.05, 4.69) is 31.0 Å². The van der Waals surface area contributed by atoms with Crippen LogP contribution in [0.4, 0.5) is 0 Å². The highest BCUT2D eigenvalue weighted by Gasteiger charge is 2.54. The summed E-state index contributed by atoms with van der Waals surface area (Å²) in [5, 5.41) is 3.48. The third-order valence-corrected chi connectivity index (χ3v) is 6.86. The summed E-state index contributed by atoms with van der Waals surface area (Å²) in [6.45, 7) is 8.26. The third kappa shape index (κ3) is 3.15. The van der Waals surface area contributed by atoms with Crippen molar-refractivity contribution >= 4 is 5.97 Å². The van der Waals surface area contributed by atoms with E-state index >= 15 is 0 Å². The molecule has 1 aromatic carbocycles. The summed E-state index contributed by atoms with van der Waals surface area (Å²) in [5.74, 6) is 0.911. The van der Waals surface area contributed by atoms with Crippen molar-refractivity contribution in [2.45, 2.75) is 51.7 Å². The first-order chi connectivity index (χ1) is 12.1. The number of allylic oxidation sites excluding steroid dienone is 1.